The maximum absolute atomic E-state index is 11.3. The highest BCUT2D eigenvalue weighted by atomic mass is 16.5. The molecule has 1 unspecified atom stereocenters. The number of carbonyl (C=O) groups excluding carboxylic acids is 1. The Kier molecular flexibility index (Phi) is 2.17. The predicted octanol–water partition coefficient (Wildman–Crippen LogP) is -0.206. The fraction of sp³-hybridized carbons (Fsp3) is 0.250. The minimum Gasteiger partial charge on any atom is -0.451 e. The third-order valence-electron chi connectivity index (χ3n) is 3.14. The molecule has 1 amide bonds. The first-order chi connectivity index (χ1) is 8.21. The molecule has 4 N–H and O–H groups in total. The van der Waals surface area contributed by atoms with Gasteiger partial charge in [0.25, 0.3) is 5.91 Å². The maximum atomic E-state index is 11.3. The Balaban J connectivity index is 2.15. The number of fused-ring (bicyclic) bond motifs is 2. The summed E-state index contributed by atoms with van der Waals surface area (Å²) in [6, 6.07) is 7.66. The first-order valence-electron chi connectivity index (χ1n) is 5.47. The van der Waals surface area contributed by atoms with Crippen LogP contribution in [-0.2, 0) is 10.3 Å². The van der Waals surface area contributed by atoms with Gasteiger partial charge < -0.3 is 15.8 Å². The summed E-state index contributed by atoms with van der Waals surface area (Å²) in [5.74, 6) is 0.326. The van der Waals surface area contributed by atoms with Gasteiger partial charge in [-0.05, 0) is 12.1 Å². The van der Waals surface area contributed by atoms with Gasteiger partial charge in [-0.1, -0.05) is 18.2 Å². The number of primary amides is 1. The molecule has 2 aliphatic heterocycles. The number of benzene rings is 1. The van der Waals surface area contributed by atoms with E-state index in [9.17, 15) is 4.79 Å². The zero-order valence-corrected chi connectivity index (χ0v) is 9.19. The van der Waals surface area contributed by atoms with Crippen molar-refractivity contribution in [3.8, 4) is 5.75 Å². The summed E-state index contributed by atoms with van der Waals surface area (Å²) in [6.45, 7) is 1.40. The minimum atomic E-state index is -0.549. The van der Waals surface area contributed by atoms with Gasteiger partial charge >= 0.3 is 0 Å². The van der Waals surface area contributed by atoms with E-state index in [1.54, 1.807) is 6.08 Å². The first kappa shape index (κ1) is 10.3. The summed E-state index contributed by atoms with van der Waals surface area (Å²) in [7, 11) is 0. The van der Waals surface area contributed by atoms with Crippen LogP contribution in [0.3, 0.4) is 0 Å². The molecule has 1 saturated heterocycles. The van der Waals surface area contributed by atoms with Crippen LogP contribution in [-0.4, -0.2) is 19.1 Å². The highest BCUT2D eigenvalue weighted by Gasteiger charge is 2.40. The Morgan fingerprint density at radius 1 is 1.41 bits per heavy atom. The van der Waals surface area contributed by atoms with Crippen molar-refractivity contribution in [3.63, 3.8) is 0 Å². The number of ether oxygens (including phenoxy) is 1. The van der Waals surface area contributed by atoms with E-state index in [0.29, 0.717) is 19.0 Å². The number of nitrogens with two attached hydrogens (primary N) is 1. The second-order valence-corrected chi connectivity index (χ2v) is 4.22. The van der Waals surface area contributed by atoms with E-state index in [2.05, 4.69) is 10.6 Å². The number of rotatable bonds is 1. The van der Waals surface area contributed by atoms with Crippen molar-refractivity contribution in [3.05, 3.63) is 41.7 Å². The third kappa shape index (κ3) is 1.51. The molecule has 2 heterocycles. The van der Waals surface area contributed by atoms with Gasteiger partial charge in [-0.25, -0.2) is 0 Å². The number of para-hydroxylation sites is 1. The van der Waals surface area contributed by atoms with E-state index in [1.165, 1.54) is 0 Å². The standard InChI is InChI=1S/C12H13N3O2/c13-11(16)10-5-12(6-14-7-15-12)8-3-1-2-4-9(8)17-10/h1-5,14-15H,6-7H2,(H2,13,16). The zero-order chi connectivity index (χ0) is 11.9. The molecule has 2 aliphatic rings. The molecule has 1 aromatic carbocycles. The lowest BCUT2D eigenvalue weighted by Gasteiger charge is -2.32. The topological polar surface area (TPSA) is 76.4 Å². The molecular formula is C12H13N3O2. The molecule has 1 spiro atoms. The summed E-state index contributed by atoms with van der Waals surface area (Å²) >= 11 is 0. The molecule has 0 aromatic heterocycles. The monoisotopic (exact) mass is 231 g/mol. The predicted molar refractivity (Wildman–Crippen MR) is 62.0 cm³/mol. The van der Waals surface area contributed by atoms with Crippen molar-refractivity contribution in [2.45, 2.75) is 5.54 Å². The van der Waals surface area contributed by atoms with E-state index in [1.807, 2.05) is 24.3 Å². The van der Waals surface area contributed by atoms with Crippen LogP contribution in [0.25, 0.3) is 0 Å². The van der Waals surface area contributed by atoms with Crippen molar-refractivity contribution in [2.24, 2.45) is 5.73 Å². The number of carbonyl (C=O) groups is 1. The van der Waals surface area contributed by atoms with E-state index in [0.717, 1.165) is 5.56 Å². The van der Waals surface area contributed by atoms with Crippen LogP contribution in [0.5, 0.6) is 5.75 Å². The SMILES string of the molecule is NC(=O)C1=CC2(CNCN2)c2ccccc2O1. The van der Waals surface area contributed by atoms with Gasteiger partial charge in [0.1, 0.15) is 5.75 Å². The molecule has 0 aliphatic carbocycles. The molecule has 0 bridgehead atoms. The summed E-state index contributed by atoms with van der Waals surface area (Å²) in [4.78, 5) is 11.3. The maximum Gasteiger partial charge on any atom is 0.284 e. The fourth-order valence-electron chi connectivity index (χ4n) is 2.33. The summed E-state index contributed by atoms with van der Waals surface area (Å²) in [5.41, 5.74) is 5.93. The van der Waals surface area contributed by atoms with Gasteiger partial charge in [0.15, 0.2) is 5.76 Å². The van der Waals surface area contributed by atoms with Crippen molar-refractivity contribution in [1.82, 2.24) is 10.6 Å². The zero-order valence-electron chi connectivity index (χ0n) is 9.19. The minimum absolute atomic E-state index is 0.194. The smallest absolute Gasteiger partial charge is 0.284 e. The third-order valence-corrected chi connectivity index (χ3v) is 3.14. The van der Waals surface area contributed by atoms with Crippen LogP contribution in [0.15, 0.2) is 36.1 Å². The van der Waals surface area contributed by atoms with Crippen LogP contribution in [0, 0.1) is 0 Å². The summed E-state index contributed by atoms with van der Waals surface area (Å²) in [6.07, 6.45) is 1.76. The summed E-state index contributed by atoms with van der Waals surface area (Å²) < 4.78 is 5.50. The highest BCUT2D eigenvalue weighted by Crippen LogP contribution is 2.37. The Hall–Kier alpha value is -1.85. The number of hydrogen-bond acceptors (Lipinski definition) is 4. The average molecular weight is 231 g/mol. The number of nitrogens with one attached hydrogen (secondary N) is 2. The van der Waals surface area contributed by atoms with Gasteiger partial charge in [-0.3, -0.25) is 10.1 Å². The van der Waals surface area contributed by atoms with Crippen molar-refractivity contribution in [1.29, 1.82) is 0 Å². The highest BCUT2D eigenvalue weighted by molar-refractivity contribution is 5.91. The van der Waals surface area contributed by atoms with Gasteiger partial charge in [0.2, 0.25) is 0 Å². The van der Waals surface area contributed by atoms with Crippen LogP contribution in [0.1, 0.15) is 5.56 Å². The van der Waals surface area contributed by atoms with Crippen LogP contribution in [0.4, 0.5) is 0 Å². The van der Waals surface area contributed by atoms with E-state index in [4.69, 9.17) is 10.5 Å². The molecular weight excluding hydrogens is 218 g/mol. The molecule has 3 rings (SSSR count). The van der Waals surface area contributed by atoms with Gasteiger partial charge in [0.05, 0.1) is 5.54 Å². The summed E-state index contributed by atoms with van der Waals surface area (Å²) in [5, 5.41) is 6.56. The lowest BCUT2D eigenvalue weighted by Crippen LogP contribution is -2.41. The Bertz CT molecular complexity index is 504. The largest absolute Gasteiger partial charge is 0.451 e. The molecule has 5 heteroatoms. The van der Waals surface area contributed by atoms with E-state index in [-0.39, 0.29) is 11.3 Å². The van der Waals surface area contributed by atoms with Gasteiger partial charge in [-0.2, -0.15) is 0 Å². The van der Waals surface area contributed by atoms with E-state index < -0.39 is 5.91 Å². The van der Waals surface area contributed by atoms with Crippen LogP contribution in [0.2, 0.25) is 0 Å². The second-order valence-electron chi connectivity index (χ2n) is 4.22. The molecule has 1 fully saturated rings. The Morgan fingerprint density at radius 3 is 2.94 bits per heavy atom. The average Bonchev–Trinajstić information content (AvgIpc) is 2.78. The molecule has 17 heavy (non-hydrogen) atoms. The van der Waals surface area contributed by atoms with Crippen molar-refractivity contribution in [2.75, 3.05) is 13.2 Å². The van der Waals surface area contributed by atoms with Crippen molar-refractivity contribution >= 4 is 5.91 Å². The molecule has 88 valence electrons. The molecule has 5 nitrogen and oxygen atoms in total. The second kappa shape index (κ2) is 3.58. The number of amides is 1. The Labute approximate surface area is 98.6 Å². The lowest BCUT2D eigenvalue weighted by atomic mass is 9.87. The fourth-order valence-corrected chi connectivity index (χ4v) is 2.33. The van der Waals surface area contributed by atoms with Crippen LogP contribution < -0.4 is 21.1 Å². The van der Waals surface area contributed by atoms with Gasteiger partial charge in [-0.15, -0.1) is 0 Å². The van der Waals surface area contributed by atoms with Gasteiger partial charge in [0, 0.05) is 18.8 Å². The molecule has 0 radical (unpaired) electrons. The normalized spacial score (nSPS) is 26.2. The van der Waals surface area contributed by atoms with Crippen molar-refractivity contribution < 1.29 is 9.53 Å². The molecule has 1 aromatic rings. The van der Waals surface area contributed by atoms with E-state index >= 15 is 0 Å². The first-order valence-corrected chi connectivity index (χ1v) is 5.47. The molecule has 1 atom stereocenters. The van der Waals surface area contributed by atoms with Crippen LogP contribution >= 0.6 is 0 Å². The lowest BCUT2D eigenvalue weighted by molar-refractivity contribution is -0.116. The Morgan fingerprint density at radius 2 is 2.24 bits per heavy atom. The molecule has 0 saturated carbocycles. The quantitative estimate of drug-likeness (QED) is 0.625. The number of hydrogen-bond donors (Lipinski definition) is 3.